The smallest absolute Gasteiger partial charge is 0.251 e. The third-order valence-corrected chi connectivity index (χ3v) is 4.43. The van der Waals surface area contributed by atoms with Crippen molar-refractivity contribution in [3.05, 3.63) is 107 Å². The van der Waals surface area contributed by atoms with Crippen molar-refractivity contribution in [1.82, 2.24) is 5.32 Å². The van der Waals surface area contributed by atoms with Gasteiger partial charge in [-0.3, -0.25) is 4.79 Å². The highest BCUT2D eigenvalue weighted by Crippen LogP contribution is 2.16. The molecule has 3 rings (SSSR count). The Morgan fingerprint density at radius 3 is 2.50 bits per heavy atom. The second-order valence-electron chi connectivity index (χ2n) is 6.63. The topological polar surface area (TPSA) is 62.1 Å². The van der Waals surface area contributed by atoms with E-state index in [1.807, 2.05) is 49.4 Å². The van der Waals surface area contributed by atoms with E-state index in [4.69, 9.17) is 10.00 Å². The van der Waals surface area contributed by atoms with Gasteiger partial charge < -0.3 is 10.1 Å². The molecule has 1 N–H and O–H groups in total. The fourth-order valence-electron chi connectivity index (χ4n) is 2.86. The lowest BCUT2D eigenvalue weighted by atomic mass is 10.1. The molecule has 3 aromatic rings. The van der Waals surface area contributed by atoms with Crippen LogP contribution in [0.15, 0.2) is 78.9 Å². The van der Waals surface area contributed by atoms with Gasteiger partial charge in [-0.25, -0.2) is 0 Å². The van der Waals surface area contributed by atoms with Crippen LogP contribution in [-0.4, -0.2) is 12.5 Å². The van der Waals surface area contributed by atoms with Gasteiger partial charge in [-0.05, 0) is 36.2 Å². The van der Waals surface area contributed by atoms with Gasteiger partial charge in [-0.15, -0.1) is 0 Å². The lowest BCUT2D eigenvalue weighted by Gasteiger charge is -2.20. The predicted octanol–water partition coefficient (Wildman–Crippen LogP) is 4.55. The molecule has 0 heterocycles. The molecule has 0 radical (unpaired) electrons. The fraction of sp³-hybridized carbons (Fsp3) is 0.167. The van der Waals surface area contributed by atoms with E-state index >= 15 is 0 Å². The second kappa shape index (κ2) is 9.50. The average molecular weight is 370 g/mol. The number of ether oxygens (including phenoxy) is 1. The van der Waals surface area contributed by atoms with E-state index in [2.05, 4.69) is 23.5 Å². The molecule has 0 aromatic heterocycles. The van der Waals surface area contributed by atoms with Gasteiger partial charge in [0.1, 0.15) is 0 Å². The molecule has 3 aromatic carbocycles. The van der Waals surface area contributed by atoms with Crippen LogP contribution in [0, 0.1) is 18.3 Å². The minimum atomic E-state index is -0.287. The summed E-state index contributed by atoms with van der Waals surface area (Å²) in [6.45, 7) is 2.87. The minimum absolute atomic E-state index is 0.232. The van der Waals surface area contributed by atoms with Gasteiger partial charge in [0.15, 0.2) is 0 Å². The standard InChI is InChI=1S/C24H22N2O2/c1-18-10-12-19(13-11-18)16-28-17-23(21-7-3-2-4-8-21)26-24(27)22-9-5-6-20(14-22)15-25/h2-14,23H,16-17H2,1H3,(H,26,27). The summed E-state index contributed by atoms with van der Waals surface area (Å²) in [7, 11) is 0. The lowest BCUT2D eigenvalue weighted by molar-refractivity contribution is 0.0797. The maximum absolute atomic E-state index is 12.7. The number of hydrogen-bond acceptors (Lipinski definition) is 3. The molecule has 0 aliphatic heterocycles. The van der Waals surface area contributed by atoms with Crippen LogP contribution < -0.4 is 5.32 Å². The minimum Gasteiger partial charge on any atom is -0.374 e. The molecule has 28 heavy (non-hydrogen) atoms. The zero-order chi connectivity index (χ0) is 19.8. The first-order valence-corrected chi connectivity index (χ1v) is 9.15. The van der Waals surface area contributed by atoms with Crippen molar-refractivity contribution in [3.8, 4) is 6.07 Å². The number of rotatable bonds is 7. The summed E-state index contributed by atoms with van der Waals surface area (Å²) >= 11 is 0. The Hall–Kier alpha value is -3.42. The van der Waals surface area contributed by atoms with Crippen LogP contribution in [0.5, 0.6) is 0 Å². The molecule has 1 atom stereocenters. The molecule has 4 heteroatoms. The molecule has 0 aliphatic carbocycles. The summed E-state index contributed by atoms with van der Waals surface area (Å²) in [5, 5.41) is 12.1. The molecular formula is C24H22N2O2. The van der Waals surface area contributed by atoms with Gasteiger partial charge in [-0.2, -0.15) is 5.26 Å². The SMILES string of the molecule is Cc1ccc(COCC(NC(=O)c2cccc(C#N)c2)c2ccccc2)cc1. The molecule has 1 amide bonds. The van der Waals surface area contributed by atoms with Gasteiger partial charge in [0.05, 0.1) is 30.9 Å². The van der Waals surface area contributed by atoms with Crippen molar-refractivity contribution in [2.24, 2.45) is 0 Å². The highest BCUT2D eigenvalue weighted by molar-refractivity contribution is 5.94. The molecule has 4 nitrogen and oxygen atoms in total. The molecule has 0 spiro atoms. The first-order chi connectivity index (χ1) is 13.7. The third kappa shape index (κ3) is 5.29. The number of nitriles is 1. The normalized spacial score (nSPS) is 11.4. The highest BCUT2D eigenvalue weighted by atomic mass is 16.5. The molecule has 140 valence electrons. The Bertz CT molecular complexity index is 960. The first kappa shape index (κ1) is 19.3. The molecule has 1 unspecified atom stereocenters. The summed E-state index contributed by atoms with van der Waals surface area (Å²) in [6.07, 6.45) is 0. The monoisotopic (exact) mass is 370 g/mol. The summed E-state index contributed by atoms with van der Waals surface area (Å²) in [5.41, 5.74) is 4.18. The van der Waals surface area contributed by atoms with Crippen LogP contribution in [0.1, 0.15) is 38.7 Å². The van der Waals surface area contributed by atoms with Crippen molar-refractivity contribution in [1.29, 1.82) is 5.26 Å². The van der Waals surface area contributed by atoms with E-state index in [-0.39, 0.29) is 11.9 Å². The van der Waals surface area contributed by atoms with Crippen molar-refractivity contribution in [3.63, 3.8) is 0 Å². The van der Waals surface area contributed by atoms with E-state index in [9.17, 15) is 4.79 Å². The fourth-order valence-corrected chi connectivity index (χ4v) is 2.86. The van der Waals surface area contributed by atoms with Crippen molar-refractivity contribution < 1.29 is 9.53 Å². The Labute approximate surface area is 165 Å². The number of carbonyl (C=O) groups is 1. The van der Waals surface area contributed by atoms with Crippen molar-refractivity contribution >= 4 is 5.91 Å². The first-order valence-electron chi connectivity index (χ1n) is 9.15. The number of nitrogens with zero attached hydrogens (tertiary/aromatic N) is 1. The van der Waals surface area contributed by atoms with Gasteiger partial charge >= 0.3 is 0 Å². The Morgan fingerprint density at radius 1 is 1.04 bits per heavy atom. The number of carbonyl (C=O) groups excluding carboxylic acids is 1. The second-order valence-corrected chi connectivity index (χ2v) is 6.63. The van der Waals surface area contributed by atoms with Crippen LogP contribution in [0.4, 0.5) is 0 Å². The van der Waals surface area contributed by atoms with E-state index in [1.54, 1.807) is 24.3 Å². The zero-order valence-corrected chi connectivity index (χ0v) is 15.8. The largest absolute Gasteiger partial charge is 0.374 e. The lowest BCUT2D eigenvalue weighted by Crippen LogP contribution is -2.31. The van der Waals surface area contributed by atoms with E-state index < -0.39 is 0 Å². The summed E-state index contributed by atoms with van der Waals surface area (Å²) < 4.78 is 5.89. The Balaban J connectivity index is 1.69. The average Bonchev–Trinajstić information content (AvgIpc) is 2.75. The third-order valence-electron chi connectivity index (χ3n) is 4.43. The molecule has 0 aliphatic rings. The van der Waals surface area contributed by atoms with Crippen LogP contribution in [0.2, 0.25) is 0 Å². The molecule has 0 fully saturated rings. The predicted molar refractivity (Wildman–Crippen MR) is 109 cm³/mol. The number of aryl methyl sites for hydroxylation is 1. The van der Waals surface area contributed by atoms with Crippen LogP contribution in [0.25, 0.3) is 0 Å². The van der Waals surface area contributed by atoms with Gasteiger partial charge in [0.25, 0.3) is 5.91 Å². The summed E-state index contributed by atoms with van der Waals surface area (Å²) in [6, 6.07) is 26.4. The highest BCUT2D eigenvalue weighted by Gasteiger charge is 2.16. The number of hydrogen-bond donors (Lipinski definition) is 1. The summed E-state index contributed by atoms with van der Waals surface area (Å²) in [4.78, 5) is 12.7. The zero-order valence-electron chi connectivity index (χ0n) is 15.8. The number of amides is 1. The quantitative estimate of drug-likeness (QED) is 0.663. The van der Waals surface area contributed by atoms with E-state index in [1.165, 1.54) is 5.56 Å². The molecule has 0 saturated heterocycles. The van der Waals surface area contributed by atoms with Crippen LogP contribution >= 0.6 is 0 Å². The molecule has 0 saturated carbocycles. The maximum atomic E-state index is 12.7. The Morgan fingerprint density at radius 2 is 1.79 bits per heavy atom. The summed E-state index contributed by atoms with van der Waals surface area (Å²) in [5.74, 6) is -0.232. The maximum Gasteiger partial charge on any atom is 0.251 e. The molecular weight excluding hydrogens is 348 g/mol. The van der Waals surface area contributed by atoms with Crippen LogP contribution in [-0.2, 0) is 11.3 Å². The van der Waals surface area contributed by atoms with Crippen molar-refractivity contribution in [2.45, 2.75) is 19.6 Å². The number of nitrogens with one attached hydrogen (secondary N) is 1. The molecule has 0 bridgehead atoms. The number of benzene rings is 3. The Kier molecular flexibility index (Phi) is 6.56. The van der Waals surface area contributed by atoms with Gasteiger partial charge in [0, 0.05) is 5.56 Å². The van der Waals surface area contributed by atoms with Gasteiger partial charge in [-0.1, -0.05) is 66.2 Å². The van der Waals surface area contributed by atoms with E-state index in [0.29, 0.717) is 24.3 Å². The van der Waals surface area contributed by atoms with Gasteiger partial charge in [0.2, 0.25) is 0 Å². The van der Waals surface area contributed by atoms with E-state index in [0.717, 1.165) is 11.1 Å². The van der Waals surface area contributed by atoms with Crippen molar-refractivity contribution in [2.75, 3.05) is 6.61 Å². The van der Waals surface area contributed by atoms with Crippen LogP contribution in [0.3, 0.4) is 0 Å².